The Morgan fingerprint density at radius 2 is 2.12 bits per heavy atom. The lowest BCUT2D eigenvalue weighted by atomic mass is 10.4. The normalized spacial score (nSPS) is 15.7. The molecule has 0 radical (unpaired) electrons. The van der Waals surface area contributed by atoms with Crippen molar-refractivity contribution < 1.29 is 4.79 Å². The zero-order valence-electron chi connectivity index (χ0n) is 14.3. The summed E-state index contributed by atoms with van der Waals surface area (Å²) >= 11 is 1.42. The molecule has 0 aliphatic carbocycles. The summed E-state index contributed by atoms with van der Waals surface area (Å²) in [6, 6.07) is 0.200. The van der Waals surface area contributed by atoms with Gasteiger partial charge in [0.1, 0.15) is 5.82 Å². The fraction of sp³-hybridized carbons (Fsp3) is 0.600. The zero-order valence-corrected chi connectivity index (χ0v) is 15.1. The van der Waals surface area contributed by atoms with E-state index in [1.54, 1.807) is 6.20 Å². The number of amides is 2. The molecule has 0 unspecified atom stereocenters. The van der Waals surface area contributed by atoms with E-state index < -0.39 is 0 Å². The van der Waals surface area contributed by atoms with Gasteiger partial charge < -0.3 is 15.1 Å². The Bertz CT molecular complexity index is 696. The predicted octanol–water partition coefficient (Wildman–Crippen LogP) is 2.37. The second-order valence-electron chi connectivity index (χ2n) is 6.18. The highest BCUT2D eigenvalue weighted by Crippen LogP contribution is 2.19. The molecule has 3 rings (SSSR count). The van der Waals surface area contributed by atoms with Gasteiger partial charge in [-0.05, 0) is 27.2 Å². The van der Waals surface area contributed by atoms with Gasteiger partial charge in [-0.2, -0.15) is 9.47 Å². The number of nitrogens with zero attached hydrogens (tertiary/aromatic N) is 6. The van der Waals surface area contributed by atoms with E-state index in [4.69, 9.17) is 0 Å². The molecule has 1 fully saturated rings. The minimum atomic E-state index is -0.0754. The molecule has 2 aromatic rings. The van der Waals surface area contributed by atoms with Crippen molar-refractivity contribution in [1.82, 2.24) is 24.0 Å². The van der Waals surface area contributed by atoms with Gasteiger partial charge in [0.25, 0.3) is 0 Å². The molecule has 1 aliphatic heterocycles. The van der Waals surface area contributed by atoms with Crippen LogP contribution >= 0.6 is 11.5 Å². The van der Waals surface area contributed by atoms with Crippen LogP contribution in [0.2, 0.25) is 0 Å². The summed E-state index contributed by atoms with van der Waals surface area (Å²) in [5.74, 6) is 0.802. The van der Waals surface area contributed by atoms with E-state index >= 15 is 0 Å². The monoisotopic (exact) mass is 349 g/mol. The van der Waals surface area contributed by atoms with Gasteiger partial charge in [-0.1, -0.05) is 0 Å². The number of carbonyl (C=O) groups is 1. The summed E-state index contributed by atoms with van der Waals surface area (Å²) in [5, 5.41) is 8.12. The van der Waals surface area contributed by atoms with Gasteiger partial charge in [0.2, 0.25) is 5.13 Å². The van der Waals surface area contributed by atoms with Crippen LogP contribution in [-0.4, -0.2) is 56.2 Å². The third kappa shape index (κ3) is 3.84. The number of aryl methyl sites for hydroxylation is 1. The standard InChI is InChI=1S/C15H23N7OS/c1-11(2)22-10-13(9-16-22)18-14(23)20-5-4-6-21(8-7-20)15-17-12(3)19-24-15/h9-11H,4-8H2,1-3H3,(H,18,23). The first kappa shape index (κ1) is 16.7. The lowest BCUT2D eigenvalue weighted by Crippen LogP contribution is -2.38. The van der Waals surface area contributed by atoms with E-state index in [0.29, 0.717) is 6.54 Å². The summed E-state index contributed by atoms with van der Waals surface area (Å²) < 4.78 is 6.07. The number of carbonyl (C=O) groups excluding carboxylic acids is 1. The molecule has 0 atom stereocenters. The molecule has 1 aliphatic rings. The van der Waals surface area contributed by atoms with E-state index in [1.807, 2.05) is 22.7 Å². The van der Waals surface area contributed by atoms with Crippen LogP contribution in [0.15, 0.2) is 12.4 Å². The summed E-state index contributed by atoms with van der Waals surface area (Å²) in [6.45, 7) is 9.07. The van der Waals surface area contributed by atoms with Gasteiger partial charge in [0, 0.05) is 50.0 Å². The molecule has 2 amide bonds. The summed E-state index contributed by atoms with van der Waals surface area (Å²) in [5.41, 5.74) is 0.731. The fourth-order valence-corrected chi connectivity index (χ4v) is 3.34. The molecule has 2 aromatic heterocycles. The van der Waals surface area contributed by atoms with E-state index in [2.05, 4.69) is 38.5 Å². The number of rotatable bonds is 3. The SMILES string of the molecule is Cc1nsc(N2CCCN(C(=O)Nc3cnn(C(C)C)c3)CC2)n1. The van der Waals surface area contributed by atoms with Crippen molar-refractivity contribution in [2.24, 2.45) is 0 Å². The first-order valence-electron chi connectivity index (χ1n) is 8.18. The molecular weight excluding hydrogens is 326 g/mol. The van der Waals surface area contributed by atoms with Crippen LogP contribution in [0, 0.1) is 6.92 Å². The van der Waals surface area contributed by atoms with Gasteiger partial charge in [-0.25, -0.2) is 9.78 Å². The maximum Gasteiger partial charge on any atom is 0.321 e. The van der Waals surface area contributed by atoms with Crippen LogP contribution in [-0.2, 0) is 0 Å². The van der Waals surface area contributed by atoms with E-state index in [-0.39, 0.29) is 12.1 Å². The van der Waals surface area contributed by atoms with Gasteiger partial charge in [-0.15, -0.1) is 0 Å². The van der Waals surface area contributed by atoms with Crippen LogP contribution in [0.1, 0.15) is 32.1 Å². The predicted molar refractivity (Wildman–Crippen MR) is 94.7 cm³/mol. The Balaban J connectivity index is 1.57. The zero-order chi connectivity index (χ0) is 17.1. The van der Waals surface area contributed by atoms with Crippen molar-refractivity contribution in [3.8, 4) is 0 Å². The highest BCUT2D eigenvalue weighted by molar-refractivity contribution is 7.09. The minimum absolute atomic E-state index is 0.0754. The van der Waals surface area contributed by atoms with Crippen LogP contribution in [0.5, 0.6) is 0 Å². The Hall–Kier alpha value is -2.16. The summed E-state index contributed by atoms with van der Waals surface area (Å²) in [4.78, 5) is 21.0. The Morgan fingerprint density at radius 3 is 2.79 bits per heavy atom. The first-order chi connectivity index (χ1) is 11.5. The van der Waals surface area contributed by atoms with Gasteiger partial charge in [0.05, 0.1) is 11.9 Å². The summed E-state index contributed by atoms with van der Waals surface area (Å²) in [6.07, 6.45) is 4.46. The maximum atomic E-state index is 12.5. The van der Waals surface area contributed by atoms with Gasteiger partial charge in [0.15, 0.2) is 0 Å². The Kier molecular flexibility index (Phi) is 4.98. The van der Waals surface area contributed by atoms with Gasteiger partial charge in [-0.3, -0.25) is 4.68 Å². The smallest absolute Gasteiger partial charge is 0.321 e. The Morgan fingerprint density at radius 1 is 1.29 bits per heavy atom. The largest absolute Gasteiger partial charge is 0.345 e. The average Bonchev–Trinajstić information content (AvgIpc) is 3.10. The highest BCUT2D eigenvalue weighted by Gasteiger charge is 2.21. The highest BCUT2D eigenvalue weighted by atomic mass is 32.1. The lowest BCUT2D eigenvalue weighted by Gasteiger charge is -2.21. The van der Waals surface area contributed by atoms with Crippen molar-refractivity contribution >= 4 is 28.4 Å². The van der Waals surface area contributed by atoms with Gasteiger partial charge >= 0.3 is 6.03 Å². The van der Waals surface area contributed by atoms with Crippen LogP contribution in [0.25, 0.3) is 0 Å². The number of anilines is 2. The number of urea groups is 1. The molecule has 0 saturated carbocycles. The quantitative estimate of drug-likeness (QED) is 0.920. The van der Waals surface area contributed by atoms with E-state index in [9.17, 15) is 4.79 Å². The summed E-state index contributed by atoms with van der Waals surface area (Å²) in [7, 11) is 0. The lowest BCUT2D eigenvalue weighted by molar-refractivity contribution is 0.215. The number of nitrogens with one attached hydrogen (secondary N) is 1. The maximum absolute atomic E-state index is 12.5. The van der Waals surface area contributed by atoms with Crippen LogP contribution < -0.4 is 10.2 Å². The van der Waals surface area contributed by atoms with Crippen molar-refractivity contribution in [2.75, 3.05) is 36.4 Å². The van der Waals surface area contributed by atoms with E-state index in [1.165, 1.54) is 11.5 Å². The molecule has 8 nitrogen and oxygen atoms in total. The Labute approximate surface area is 145 Å². The molecule has 1 N–H and O–H groups in total. The average molecular weight is 349 g/mol. The first-order valence-corrected chi connectivity index (χ1v) is 8.95. The van der Waals surface area contributed by atoms with E-state index in [0.717, 1.165) is 42.7 Å². The third-order valence-electron chi connectivity index (χ3n) is 3.95. The molecule has 1 saturated heterocycles. The fourth-order valence-electron chi connectivity index (χ4n) is 2.61. The molecular formula is C15H23N7OS. The minimum Gasteiger partial charge on any atom is -0.345 e. The second kappa shape index (κ2) is 7.16. The molecule has 0 aromatic carbocycles. The topological polar surface area (TPSA) is 79.2 Å². The molecule has 3 heterocycles. The number of hydrogen-bond donors (Lipinski definition) is 1. The second-order valence-corrected chi connectivity index (χ2v) is 6.92. The van der Waals surface area contributed by atoms with Crippen molar-refractivity contribution in [1.29, 1.82) is 0 Å². The molecule has 0 bridgehead atoms. The molecule has 24 heavy (non-hydrogen) atoms. The van der Waals surface area contributed by atoms with Crippen molar-refractivity contribution in [2.45, 2.75) is 33.2 Å². The number of aromatic nitrogens is 4. The molecule has 0 spiro atoms. The molecule has 9 heteroatoms. The molecule has 130 valence electrons. The third-order valence-corrected chi connectivity index (χ3v) is 4.82. The van der Waals surface area contributed by atoms with Crippen LogP contribution in [0.3, 0.4) is 0 Å². The van der Waals surface area contributed by atoms with Crippen molar-refractivity contribution in [3.63, 3.8) is 0 Å². The van der Waals surface area contributed by atoms with Crippen LogP contribution in [0.4, 0.5) is 15.6 Å². The number of hydrogen-bond acceptors (Lipinski definition) is 6. The van der Waals surface area contributed by atoms with Crippen molar-refractivity contribution in [3.05, 3.63) is 18.2 Å².